The SMILES string of the molecule is O=C(Nc1cncc(OS(=O)(=O)F)c1)c1cccc(OCC2CC2)c1. The Morgan fingerprint density at radius 1 is 1.24 bits per heavy atom. The van der Waals surface area contributed by atoms with Gasteiger partial charge in [0.15, 0.2) is 5.75 Å². The highest BCUT2D eigenvalue weighted by Gasteiger charge is 2.22. The minimum atomic E-state index is -5.16. The predicted octanol–water partition coefficient (Wildman–Crippen LogP) is 2.72. The first kappa shape index (κ1) is 17.2. The molecule has 1 aromatic heterocycles. The molecule has 25 heavy (non-hydrogen) atoms. The molecule has 0 saturated heterocycles. The number of nitrogens with one attached hydrogen (secondary N) is 1. The number of rotatable bonds is 7. The highest BCUT2D eigenvalue weighted by molar-refractivity contribution is 7.81. The van der Waals surface area contributed by atoms with Crippen LogP contribution in [0, 0.1) is 5.92 Å². The Bertz CT molecular complexity index is 884. The Hall–Kier alpha value is -2.68. The van der Waals surface area contributed by atoms with E-state index in [-0.39, 0.29) is 11.4 Å². The first-order valence-corrected chi connectivity index (χ1v) is 8.83. The van der Waals surface area contributed by atoms with Gasteiger partial charge in [-0.2, -0.15) is 8.42 Å². The molecule has 1 amide bonds. The maximum atomic E-state index is 12.5. The van der Waals surface area contributed by atoms with Crippen LogP contribution in [0.1, 0.15) is 23.2 Å². The number of pyridine rings is 1. The molecular weight excluding hydrogens is 351 g/mol. The van der Waals surface area contributed by atoms with Gasteiger partial charge in [-0.1, -0.05) is 9.95 Å². The second kappa shape index (κ2) is 7.06. The number of hydrogen-bond donors (Lipinski definition) is 1. The van der Waals surface area contributed by atoms with E-state index >= 15 is 0 Å². The molecule has 2 aromatic rings. The van der Waals surface area contributed by atoms with E-state index in [0.29, 0.717) is 23.8 Å². The molecule has 0 aliphatic heterocycles. The van der Waals surface area contributed by atoms with E-state index in [0.717, 1.165) is 12.3 Å². The van der Waals surface area contributed by atoms with Crippen molar-refractivity contribution in [3.63, 3.8) is 0 Å². The molecule has 0 spiro atoms. The van der Waals surface area contributed by atoms with Crippen molar-refractivity contribution in [2.45, 2.75) is 12.8 Å². The molecule has 9 heteroatoms. The summed E-state index contributed by atoms with van der Waals surface area (Å²) >= 11 is 0. The summed E-state index contributed by atoms with van der Waals surface area (Å²) in [5.74, 6) is 0.400. The van der Waals surface area contributed by atoms with E-state index in [1.807, 2.05) is 0 Å². The molecule has 1 N–H and O–H groups in total. The van der Waals surface area contributed by atoms with Crippen LogP contribution in [0.25, 0.3) is 0 Å². The number of benzene rings is 1. The number of amides is 1. The van der Waals surface area contributed by atoms with Gasteiger partial charge in [0.2, 0.25) is 0 Å². The summed E-state index contributed by atoms with van der Waals surface area (Å²) in [6.45, 7) is 0.631. The van der Waals surface area contributed by atoms with Crippen molar-refractivity contribution >= 4 is 22.1 Å². The Kier molecular flexibility index (Phi) is 4.84. The van der Waals surface area contributed by atoms with Gasteiger partial charge >= 0.3 is 10.5 Å². The molecule has 3 rings (SSSR count). The van der Waals surface area contributed by atoms with Crippen LogP contribution >= 0.6 is 0 Å². The Morgan fingerprint density at radius 3 is 2.76 bits per heavy atom. The average molecular weight is 366 g/mol. The minimum absolute atomic E-state index is 0.162. The average Bonchev–Trinajstić information content (AvgIpc) is 3.36. The second-order valence-corrected chi connectivity index (χ2v) is 6.57. The van der Waals surface area contributed by atoms with Gasteiger partial charge in [-0.15, -0.1) is 0 Å². The number of carbonyl (C=O) groups excluding carboxylic acids is 1. The monoisotopic (exact) mass is 366 g/mol. The first-order valence-electron chi connectivity index (χ1n) is 7.52. The summed E-state index contributed by atoms with van der Waals surface area (Å²) in [5.41, 5.74) is 0.521. The Morgan fingerprint density at radius 2 is 2.04 bits per heavy atom. The van der Waals surface area contributed by atoms with Crippen LogP contribution in [0.5, 0.6) is 11.5 Å². The quantitative estimate of drug-likeness (QED) is 0.757. The summed E-state index contributed by atoms with van der Waals surface area (Å²) in [6, 6.07) is 7.83. The third-order valence-corrected chi connectivity index (χ3v) is 3.84. The summed E-state index contributed by atoms with van der Waals surface area (Å²) in [5, 5.41) is 2.53. The molecule has 1 saturated carbocycles. The lowest BCUT2D eigenvalue weighted by Crippen LogP contribution is -2.12. The van der Waals surface area contributed by atoms with E-state index in [9.17, 15) is 17.1 Å². The zero-order valence-electron chi connectivity index (χ0n) is 13.0. The van der Waals surface area contributed by atoms with Crippen LogP contribution < -0.4 is 14.2 Å². The lowest BCUT2D eigenvalue weighted by molar-refractivity contribution is 0.102. The van der Waals surface area contributed by atoms with Crippen LogP contribution in [0.3, 0.4) is 0 Å². The normalized spacial score (nSPS) is 14.0. The highest BCUT2D eigenvalue weighted by atomic mass is 32.3. The summed E-state index contributed by atoms with van der Waals surface area (Å²) in [7, 11) is -5.16. The van der Waals surface area contributed by atoms with Crippen molar-refractivity contribution in [1.29, 1.82) is 0 Å². The lowest BCUT2D eigenvalue weighted by atomic mass is 10.2. The van der Waals surface area contributed by atoms with Gasteiger partial charge in [0.05, 0.1) is 24.7 Å². The molecule has 1 aliphatic rings. The van der Waals surface area contributed by atoms with Gasteiger partial charge in [-0.25, -0.2) is 0 Å². The molecule has 0 unspecified atom stereocenters. The van der Waals surface area contributed by atoms with Crippen LogP contribution in [0.2, 0.25) is 0 Å². The van der Waals surface area contributed by atoms with Gasteiger partial charge in [-0.05, 0) is 37.0 Å². The third-order valence-electron chi connectivity index (χ3n) is 3.45. The third kappa shape index (κ3) is 5.42. The number of anilines is 1. The molecule has 7 nitrogen and oxygen atoms in total. The standard InChI is InChI=1S/C16H15FN2O5S/c17-25(21,22)24-15-7-13(8-18-9-15)19-16(20)12-2-1-3-14(6-12)23-10-11-4-5-11/h1-3,6-9,11H,4-5,10H2,(H,19,20). The highest BCUT2D eigenvalue weighted by Crippen LogP contribution is 2.29. The van der Waals surface area contributed by atoms with Crippen LogP contribution in [0.4, 0.5) is 9.57 Å². The molecular formula is C16H15FN2O5S. The molecule has 1 aliphatic carbocycles. The van der Waals surface area contributed by atoms with Gasteiger partial charge < -0.3 is 14.2 Å². The maximum Gasteiger partial charge on any atom is 0.488 e. The van der Waals surface area contributed by atoms with E-state index in [2.05, 4.69) is 14.5 Å². The summed E-state index contributed by atoms with van der Waals surface area (Å²) in [4.78, 5) is 16.0. The molecule has 1 fully saturated rings. The topological polar surface area (TPSA) is 94.6 Å². The smallest absolute Gasteiger partial charge is 0.488 e. The second-order valence-electron chi connectivity index (χ2n) is 5.62. The summed E-state index contributed by atoms with van der Waals surface area (Å²) < 4.78 is 43.2. The fourth-order valence-electron chi connectivity index (χ4n) is 2.08. The number of nitrogens with zero attached hydrogens (tertiary/aromatic N) is 1. The first-order chi connectivity index (χ1) is 11.9. The zero-order chi connectivity index (χ0) is 17.9. The fourth-order valence-corrected chi connectivity index (χ4v) is 2.40. The van der Waals surface area contributed by atoms with E-state index in [1.54, 1.807) is 24.3 Å². The van der Waals surface area contributed by atoms with Gasteiger partial charge in [0, 0.05) is 11.6 Å². The molecule has 0 radical (unpaired) electrons. The number of ether oxygens (including phenoxy) is 1. The van der Waals surface area contributed by atoms with Crippen LogP contribution in [-0.2, 0) is 10.5 Å². The van der Waals surface area contributed by atoms with Crippen molar-refractivity contribution in [2.75, 3.05) is 11.9 Å². The van der Waals surface area contributed by atoms with Crippen molar-refractivity contribution in [2.24, 2.45) is 5.92 Å². The largest absolute Gasteiger partial charge is 0.493 e. The van der Waals surface area contributed by atoms with Crippen molar-refractivity contribution in [3.8, 4) is 11.5 Å². The molecule has 0 atom stereocenters. The number of halogens is 1. The maximum absolute atomic E-state index is 12.5. The van der Waals surface area contributed by atoms with E-state index in [1.165, 1.54) is 19.0 Å². The van der Waals surface area contributed by atoms with Gasteiger partial charge in [-0.3, -0.25) is 9.78 Å². The summed E-state index contributed by atoms with van der Waals surface area (Å²) in [6.07, 6.45) is 4.63. The Labute approximate surface area is 144 Å². The number of aromatic nitrogens is 1. The van der Waals surface area contributed by atoms with Gasteiger partial charge in [0.1, 0.15) is 5.75 Å². The van der Waals surface area contributed by atoms with Crippen molar-refractivity contribution in [3.05, 3.63) is 48.3 Å². The zero-order valence-corrected chi connectivity index (χ0v) is 13.8. The molecule has 1 aromatic carbocycles. The van der Waals surface area contributed by atoms with Crippen molar-refractivity contribution < 1.29 is 26.0 Å². The minimum Gasteiger partial charge on any atom is -0.493 e. The molecule has 0 bridgehead atoms. The Balaban J connectivity index is 1.67. The lowest BCUT2D eigenvalue weighted by Gasteiger charge is -2.09. The van der Waals surface area contributed by atoms with Crippen molar-refractivity contribution in [1.82, 2.24) is 4.98 Å². The predicted molar refractivity (Wildman–Crippen MR) is 87.5 cm³/mol. The molecule has 132 valence electrons. The van der Waals surface area contributed by atoms with Crippen LogP contribution in [0.15, 0.2) is 42.7 Å². The van der Waals surface area contributed by atoms with E-state index in [4.69, 9.17) is 4.74 Å². The van der Waals surface area contributed by atoms with E-state index < -0.39 is 16.4 Å². The van der Waals surface area contributed by atoms with Gasteiger partial charge in [0.25, 0.3) is 5.91 Å². The van der Waals surface area contributed by atoms with Crippen LogP contribution in [-0.4, -0.2) is 25.9 Å². The fraction of sp³-hybridized carbons (Fsp3) is 0.250. The molecule has 1 heterocycles. The number of carbonyl (C=O) groups is 1. The number of hydrogen-bond acceptors (Lipinski definition) is 6.